The van der Waals surface area contributed by atoms with E-state index < -0.39 is 14.9 Å². The van der Waals surface area contributed by atoms with Crippen LogP contribution in [-0.4, -0.2) is 19.6 Å². The van der Waals surface area contributed by atoms with E-state index in [0.29, 0.717) is 0 Å². The summed E-state index contributed by atoms with van der Waals surface area (Å²) in [5.74, 6) is 0. The number of nitriles is 1. The van der Waals surface area contributed by atoms with E-state index in [2.05, 4.69) is 9.93 Å². The highest BCUT2D eigenvalue weighted by Crippen LogP contribution is 2.31. The molecule has 10 heteroatoms. The number of thiocyanates is 1. The molecule has 0 bridgehead atoms. The maximum atomic E-state index is 12.1. The van der Waals surface area contributed by atoms with Crippen LogP contribution < -0.4 is 4.83 Å². The van der Waals surface area contributed by atoms with Gasteiger partial charge in [-0.05, 0) is 55.2 Å². The maximum absolute atomic E-state index is 12.1. The molecule has 0 spiro atoms. The van der Waals surface area contributed by atoms with E-state index in [-0.39, 0.29) is 10.6 Å². The van der Waals surface area contributed by atoms with Crippen LogP contribution in [0.5, 0.6) is 0 Å². The molecule has 1 N–H and O–H groups in total. The van der Waals surface area contributed by atoms with Gasteiger partial charge >= 0.3 is 0 Å². The molecule has 1 aromatic carbocycles. The molecule has 1 aromatic rings. The van der Waals surface area contributed by atoms with Gasteiger partial charge in [0.1, 0.15) is 5.40 Å². The predicted molar refractivity (Wildman–Crippen MR) is 90.6 cm³/mol. The zero-order valence-electron chi connectivity index (χ0n) is 12.5. The molecular formula is C14H14N4O4S2. The van der Waals surface area contributed by atoms with Gasteiger partial charge in [0.15, 0.2) is 0 Å². The van der Waals surface area contributed by atoms with Crippen molar-refractivity contribution in [3.8, 4) is 5.40 Å². The van der Waals surface area contributed by atoms with Crippen molar-refractivity contribution < 1.29 is 13.3 Å². The molecule has 2 rings (SSSR count). The Labute approximate surface area is 143 Å². The lowest BCUT2D eigenvalue weighted by atomic mass is 10.0. The third kappa shape index (κ3) is 4.56. The Hall–Kier alpha value is -2.38. The number of hydrazone groups is 1. The summed E-state index contributed by atoms with van der Waals surface area (Å²) in [5, 5.41) is 25.1. The van der Waals surface area contributed by atoms with E-state index in [1.807, 2.05) is 5.40 Å². The van der Waals surface area contributed by atoms with Crippen LogP contribution in [0.2, 0.25) is 0 Å². The van der Waals surface area contributed by atoms with Crippen molar-refractivity contribution in [2.75, 3.05) is 0 Å². The van der Waals surface area contributed by atoms with Crippen molar-refractivity contribution in [3.63, 3.8) is 0 Å². The van der Waals surface area contributed by atoms with E-state index in [1.165, 1.54) is 6.21 Å². The maximum Gasteiger partial charge on any atom is 0.276 e. The largest absolute Gasteiger partial charge is 0.276 e. The number of non-ortho nitro benzene ring substituents is 1. The minimum absolute atomic E-state index is 0.116. The number of rotatable bonds is 6. The standard InChI is InChI=1S/C14H14N4O4S2/c15-10-23-14-4-2-1-3-11(14)9-16-17-24(21,22)13-7-5-12(6-8-13)18(19)20/h5-9,17H,1-4H2/b16-9+. The minimum Gasteiger partial charge on any atom is -0.258 e. The van der Waals surface area contributed by atoms with Gasteiger partial charge < -0.3 is 0 Å². The fourth-order valence-electron chi connectivity index (χ4n) is 2.18. The number of sulfonamides is 1. The van der Waals surface area contributed by atoms with Crippen LogP contribution in [0.1, 0.15) is 25.7 Å². The molecule has 0 heterocycles. The van der Waals surface area contributed by atoms with Gasteiger partial charge in [0.05, 0.1) is 16.0 Å². The van der Waals surface area contributed by atoms with E-state index >= 15 is 0 Å². The first-order valence-corrected chi connectivity index (χ1v) is 9.31. The first kappa shape index (κ1) is 18.0. The van der Waals surface area contributed by atoms with Gasteiger partial charge in [0.25, 0.3) is 15.7 Å². The quantitative estimate of drug-likeness (QED) is 0.357. The molecule has 0 radical (unpaired) electrons. The summed E-state index contributed by atoms with van der Waals surface area (Å²) in [6, 6.07) is 4.52. The summed E-state index contributed by atoms with van der Waals surface area (Å²) >= 11 is 1.07. The van der Waals surface area contributed by atoms with E-state index in [0.717, 1.165) is 72.2 Å². The highest BCUT2D eigenvalue weighted by molar-refractivity contribution is 8.07. The average molecular weight is 366 g/mol. The van der Waals surface area contributed by atoms with Gasteiger partial charge in [-0.25, -0.2) is 4.83 Å². The summed E-state index contributed by atoms with van der Waals surface area (Å²) in [6.45, 7) is 0. The lowest BCUT2D eigenvalue weighted by Crippen LogP contribution is -2.18. The molecular weight excluding hydrogens is 352 g/mol. The Morgan fingerprint density at radius 1 is 1.29 bits per heavy atom. The molecule has 0 aliphatic heterocycles. The van der Waals surface area contributed by atoms with Gasteiger partial charge in [0.2, 0.25) is 0 Å². The second kappa shape index (κ2) is 7.94. The van der Waals surface area contributed by atoms with Crippen LogP contribution >= 0.6 is 11.8 Å². The number of allylic oxidation sites excluding steroid dienone is 2. The predicted octanol–water partition coefficient (Wildman–Crippen LogP) is 2.90. The normalized spacial score (nSPS) is 15.3. The fraction of sp³-hybridized carbons (Fsp3) is 0.286. The van der Waals surface area contributed by atoms with Crippen molar-refractivity contribution >= 4 is 33.7 Å². The number of nitrogens with one attached hydrogen (secondary N) is 1. The van der Waals surface area contributed by atoms with Crippen LogP contribution in [-0.2, 0) is 10.0 Å². The number of benzene rings is 1. The van der Waals surface area contributed by atoms with Crippen LogP contribution in [0.15, 0.2) is 44.7 Å². The monoisotopic (exact) mass is 366 g/mol. The topological polar surface area (TPSA) is 125 Å². The SMILES string of the molecule is N#CSC1=C(/C=N/NS(=O)(=O)c2ccc([N+](=O)[O-])cc2)CCCC1. The van der Waals surface area contributed by atoms with E-state index in [9.17, 15) is 18.5 Å². The molecule has 1 aliphatic rings. The van der Waals surface area contributed by atoms with Crippen molar-refractivity contribution in [2.24, 2.45) is 5.10 Å². The summed E-state index contributed by atoms with van der Waals surface area (Å²) in [4.78, 5) is 12.8. The van der Waals surface area contributed by atoms with Crippen molar-refractivity contribution in [3.05, 3.63) is 44.9 Å². The van der Waals surface area contributed by atoms with Crippen molar-refractivity contribution in [1.29, 1.82) is 5.26 Å². The van der Waals surface area contributed by atoms with Gasteiger partial charge in [-0.1, -0.05) is 0 Å². The molecule has 0 aromatic heterocycles. The zero-order valence-corrected chi connectivity index (χ0v) is 14.1. The Morgan fingerprint density at radius 2 is 1.96 bits per heavy atom. The Kier molecular flexibility index (Phi) is 5.94. The molecule has 0 saturated heterocycles. The fourth-order valence-corrected chi connectivity index (χ4v) is 3.62. The molecule has 0 fully saturated rings. The summed E-state index contributed by atoms with van der Waals surface area (Å²) in [5.41, 5.74) is 0.655. The van der Waals surface area contributed by atoms with E-state index in [1.54, 1.807) is 0 Å². The summed E-state index contributed by atoms with van der Waals surface area (Å²) in [7, 11) is -3.90. The molecule has 0 saturated carbocycles. The zero-order chi connectivity index (χ0) is 17.6. The third-order valence-corrected chi connectivity index (χ3v) is 5.42. The number of nitro benzene ring substituents is 1. The first-order chi connectivity index (χ1) is 11.4. The van der Waals surface area contributed by atoms with Gasteiger partial charge in [-0.15, -0.1) is 0 Å². The Morgan fingerprint density at radius 3 is 2.58 bits per heavy atom. The molecule has 1 aliphatic carbocycles. The van der Waals surface area contributed by atoms with Gasteiger partial charge in [-0.3, -0.25) is 10.1 Å². The van der Waals surface area contributed by atoms with Gasteiger partial charge in [0, 0.05) is 17.0 Å². The molecule has 0 atom stereocenters. The van der Waals surface area contributed by atoms with Crippen LogP contribution in [0.25, 0.3) is 0 Å². The number of hydrogen-bond acceptors (Lipinski definition) is 7. The second-order valence-corrected chi connectivity index (χ2v) is 7.49. The first-order valence-electron chi connectivity index (χ1n) is 7.01. The summed E-state index contributed by atoms with van der Waals surface area (Å²) < 4.78 is 24.2. The molecule has 0 unspecified atom stereocenters. The van der Waals surface area contributed by atoms with E-state index in [4.69, 9.17) is 5.26 Å². The number of thioether (sulfide) groups is 1. The number of nitro groups is 1. The second-order valence-electron chi connectivity index (χ2n) is 4.95. The highest BCUT2D eigenvalue weighted by atomic mass is 32.2. The third-order valence-electron chi connectivity index (χ3n) is 3.38. The highest BCUT2D eigenvalue weighted by Gasteiger charge is 2.16. The molecule has 0 amide bonds. The Balaban J connectivity index is 2.12. The van der Waals surface area contributed by atoms with Crippen LogP contribution in [0, 0.1) is 20.8 Å². The minimum atomic E-state index is -3.90. The van der Waals surface area contributed by atoms with Crippen LogP contribution in [0.3, 0.4) is 0 Å². The van der Waals surface area contributed by atoms with Crippen LogP contribution in [0.4, 0.5) is 5.69 Å². The number of nitrogens with zero attached hydrogens (tertiary/aromatic N) is 3. The summed E-state index contributed by atoms with van der Waals surface area (Å²) in [6.07, 6.45) is 4.91. The lowest BCUT2D eigenvalue weighted by Gasteiger charge is -2.14. The number of hydrogen-bond donors (Lipinski definition) is 1. The molecule has 24 heavy (non-hydrogen) atoms. The Bertz CT molecular complexity index is 823. The van der Waals surface area contributed by atoms with Crippen molar-refractivity contribution in [1.82, 2.24) is 4.83 Å². The lowest BCUT2D eigenvalue weighted by molar-refractivity contribution is -0.384. The molecule has 8 nitrogen and oxygen atoms in total. The smallest absolute Gasteiger partial charge is 0.258 e. The van der Waals surface area contributed by atoms with Crippen molar-refractivity contribution in [2.45, 2.75) is 30.6 Å². The average Bonchev–Trinajstić information content (AvgIpc) is 2.56. The molecule has 126 valence electrons. The van der Waals surface area contributed by atoms with Gasteiger partial charge in [-0.2, -0.15) is 18.8 Å².